The number of carbonyl (C=O) groups is 1. The molecule has 0 unspecified atom stereocenters. The molecule has 4 heterocycles. The Labute approximate surface area is 216 Å². The van der Waals surface area contributed by atoms with Crippen molar-refractivity contribution in [2.45, 2.75) is 32.9 Å². The molecule has 1 saturated heterocycles. The van der Waals surface area contributed by atoms with Crippen LogP contribution >= 0.6 is 0 Å². The Morgan fingerprint density at radius 3 is 2.76 bits per heavy atom. The quantitative estimate of drug-likeness (QED) is 0.522. The Bertz CT molecular complexity index is 1250. The second kappa shape index (κ2) is 11.0. The molecule has 0 bridgehead atoms. The summed E-state index contributed by atoms with van der Waals surface area (Å²) in [6.45, 7) is 8.05. The monoisotopic (exact) mass is 504 g/mol. The molecule has 0 spiro atoms. The highest BCUT2D eigenvalue weighted by Crippen LogP contribution is 2.32. The number of methoxy groups -OCH3 is 1. The number of ether oxygens (including phenoxy) is 2. The first-order valence-electron chi connectivity index (χ1n) is 12.6. The highest BCUT2D eigenvalue weighted by molar-refractivity contribution is 5.89. The number of morpholine rings is 1. The molecule has 1 aromatic carbocycles. The van der Waals surface area contributed by atoms with E-state index < -0.39 is 0 Å². The van der Waals surface area contributed by atoms with Crippen LogP contribution in [0.25, 0.3) is 11.4 Å². The fourth-order valence-electron chi connectivity index (χ4n) is 4.63. The molecule has 2 N–H and O–H groups in total. The molecular weight excluding hydrogens is 472 g/mol. The third kappa shape index (κ3) is 5.41. The standard InChI is InChI=1S/C26H32N8O3/c1-4-27-26(35)29-19-7-5-18(6-8-19)23-30-21-15-33(25-28-11-9-22(31-25)36-3)12-10-20(21)24(32-23)34-13-14-37-16-17(34)2/h5-9,11,17H,4,10,12-16H2,1-3H3,(H2,27,29,35)/t17-/m0/s1. The third-order valence-corrected chi connectivity index (χ3v) is 6.53. The summed E-state index contributed by atoms with van der Waals surface area (Å²) in [7, 11) is 1.60. The predicted octanol–water partition coefficient (Wildman–Crippen LogP) is 2.87. The normalized spacial score (nSPS) is 17.2. The number of amides is 2. The largest absolute Gasteiger partial charge is 0.481 e. The van der Waals surface area contributed by atoms with Crippen molar-refractivity contribution in [1.29, 1.82) is 0 Å². The summed E-state index contributed by atoms with van der Waals surface area (Å²) in [4.78, 5) is 35.4. The van der Waals surface area contributed by atoms with E-state index in [2.05, 4.69) is 37.3 Å². The van der Waals surface area contributed by atoms with Gasteiger partial charge in [0.25, 0.3) is 0 Å². The molecule has 1 fully saturated rings. The number of hydrogen-bond donors (Lipinski definition) is 2. The van der Waals surface area contributed by atoms with E-state index in [-0.39, 0.29) is 12.1 Å². The van der Waals surface area contributed by atoms with Gasteiger partial charge in [-0.05, 0) is 44.5 Å². The van der Waals surface area contributed by atoms with Crippen LogP contribution in [-0.4, -0.2) is 72.0 Å². The first kappa shape index (κ1) is 24.7. The average molecular weight is 505 g/mol. The van der Waals surface area contributed by atoms with Gasteiger partial charge in [-0.1, -0.05) is 0 Å². The van der Waals surface area contributed by atoms with Gasteiger partial charge in [-0.3, -0.25) is 0 Å². The van der Waals surface area contributed by atoms with Crippen molar-refractivity contribution in [1.82, 2.24) is 25.3 Å². The number of anilines is 3. The van der Waals surface area contributed by atoms with Crippen LogP contribution in [0.2, 0.25) is 0 Å². The van der Waals surface area contributed by atoms with Crippen molar-refractivity contribution in [2.75, 3.05) is 55.1 Å². The van der Waals surface area contributed by atoms with Gasteiger partial charge in [-0.15, -0.1) is 0 Å². The first-order valence-corrected chi connectivity index (χ1v) is 12.6. The minimum absolute atomic E-state index is 0.212. The van der Waals surface area contributed by atoms with E-state index in [0.717, 1.165) is 42.1 Å². The molecule has 2 amide bonds. The Balaban J connectivity index is 1.49. The Hall–Kier alpha value is -3.99. The Kier molecular flexibility index (Phi) is 7.31. The zero-order chi connectivity index (χ0) is 25.8. The van der Waals surface area contributed by atoms with Crippen LogP contribution < -0.4 is 25.2 Å². The van der Waals surface area contributed by atoms with Gasteiger partial charge in [0, 0.05) is 48.7 Å². The fraction of sp³-hybridized carbons (Fsp3) is 0.423. The molecule has 2 aliphatic heterocycles. The van der Waals surface area contributed by atoms with Crippen molar-refractivity contribution in [3.63, 3.8) is 0 Å². The van der Waals surface area contributed by atoms with Gasteiger partial charge < -0.3 is 29.9 Å². The number of rotatable bonds is 6. The molecule has 37 heavy (non-hydrogen) atoms. The number of nitrogens with one attached hydrogen (secondary N) is 2. The lowest BCUT2D eigenvalue weighted by Crippen LogP contribution is -2.45. The SMILES string of the molecule is CCNC(=O)Nc1ccc(-c2nc3c(c(N4CCOC[C@@H]4C)n2)CCN(c2nccc(OC)n2)C3)cc1. The van der Waals surface area contributed by atoms with Crippen LogP contribution in [0.15, 0.2) is 36.5 Å². The minimum Gasteiger partial charge on any atom is -0.481 e. The van der Waals surface area contributed by atoms with Crippen LogP contribution in [0.4, 0.5) is 22.2 Å². The topological polar surface area (TPSA) is 118 Å². The molecule has 11 nitrogen and oxygen atoms in total. The van der Waals surface area contributed by atoms with Crippen LogP contribution in [-0.2, 0) is 17.7 Å². The summed E-state index contributed by atoms with van der Waals surface area (Å²) in [5.74, 6) is 2.76. The van der Waals surface area contributed by atoms with Gasteiger partial charge in [0.2, 0.25) is 11.8 Å². The van der Waals surface area contributed by atoms with E-state index >= 15 is 0 Å². The number of benzene rings is 1. The van der Waals surface area contributed by atoms with Gasteiger partial charge in [0.1, 0.15) is 5.82 Å². The van der Waals surface area contributed by atoms with Crippen LogP contribution in [0.3, 0.4) is 0 Å². The molecule has 0 radical (unpaired) electrons. The lowest BCUT2D eigenvalue weighted by atomic mass is 10.0. The number of urea groups is 1. The summed E-state index contributed by atoms with van der Waals surface area (Å²) >= 11 is 0. The summed E-state index contributed by atoms with van der Waals surface area (Å²) in [5, 5.41) is 5.56. The smallest absolute Gasteiger partial charge is 0.319 e. The van der Waals surface area contributed by atoms with Gasteiger partial charge in [0.15, 0.2) is 5.82 Å². The molecule has 5 rings (SSSR count). The van der Waals surface area contributed by atoms with Crippen LogP contribution in [0, 0.1) is 0 Å². The molecule has 0 aliphatic carbocycles. The van der Waals surface area contributed by atoms with Crippen molar-refractivity contribution in [2.24, 2.45) is 0 Å². The molecular formula is C26H32N8O3. The number of hydrogen-bond acceptors (Lipinski definition) is 9. The second-order valence-corrected chi connectivity index (χ2v) is 9.05. The van der Waals surface area contributed by atoms with Crippen LogP contribution in [0.5, 0.6) is 5.88 Å². The number of nitrogens with zero attached hydrogens (tertiary/aromatic N) is 6. The van der Waals surface area contributed by atoms with Crippen molar-refractivity contribution >= 4 is 23.5 Å². The van der Waals surface area contributed by atoms with Gasteiger partial charge in [-0.25, -0.2) is 19.7 Å². The lowest BCUT2D eigenvalue weighted by molar-refractivity contribution is 0.0984. The fourth-order valence-corrected chi connectivity index (χ4v) is 4.63. The van der Waals surface area contributed by atoms with Gasteiger partial charge in [-0.2, -0.15) is 4.98 Å². The maximum atomic E-state index is 11.9. The third-order valence-electron chi connectivity index (χ3n) is 6.53. The van der Waals surface area contributed by atoms with Crippen LogP contribution in [0.1, 0.15) is 25.1 Å². The number of aromatic nitrogens is 4. The molecule has 3 aromatic rings. The van der Waals surface area contributed by atoms with E-state index in [1.807, 2.05) is 31.2 Å². The van der Waals surface area contributed by atoms with E-state index in [0.29, 0.717) is 49.6 Å². The van der Waals surface area contributed by atoms with E-state index in [1.165, 1.54) is 0 Å². The van der Waals surface area contributed by atoms with E-state index in [1.54, 1.807) is 19.4 Å². The molecule has 2 aliphatic rings. The Morgan fingerprint density at radius 2 is 2.00 bits per heavy atom. The van der Waals surface area contributed by atoms with Crippen molar-refractivity contribution in [3.8, 4) is 17.3 Å². The lowest BCUT2D eigenvalue weighted by Gasteiger charge is -2.37. The minimum atomic E-state index is -0.233. The highest BCUT2D eigenvalue weighted by atomic mass is 16.5. The molecule has 1 atom stereocenters. The number of carbonyl (C=O) groups excluding carboxylic acids is 1. The molecule has 11 heteroatoms. The van der Waals surface area contributed by atoms with E-state index in [9.17, 15) is 4.79 Å². The summed E-state index contributed by atoms with van der Waals surface area (Å²) in [5.41, 5.74) is 3.70. The second-order valence-electron chi connectivity index (χ2n) is 9.05. The predicted molar refractivity (Wildman–Crippen MR) is 141 cm³/mol. The van der Waals surface area contributed by atoms with Crippen molar-refractivity contribution in [3.05, 3.63) is 47.8 Å². The summed E-state index contributed by atoms with van der Waals surface area (Å²) in [6.07, 6.45) is 2.49. The zero-order valence-electron chi connectivity index (χ0n) is 21.4. The first-order chi connectivity index (χ1) is 18.1. The molecule has 194 valence electrons. The maximum absolute atomic E-state index is 11.9. The number of fused-ring (bicyclic) bond motifs is 1. The summed E-state index contributed by atoms with van der Waals surface area (Å²) in [6, 6.07) is 9.31. The zero-order valence-corrected chi connectivity index (χ0v) is 21.4. The molecule has 2 aromatic heterocycles. The van der Waals surface area contributed by atoms with Gasteiger partial charge >= 0.3 is 6.03 Å². The van der Waals surface area contributed by atoms with Crippen molar-refractivity contribution < 1.29 is 14.3 Å². The highest BCUT2D eigenvalue weighted by Gasteiger charge is 2.29. The van der Waals surface area contributed by atoms with Gasteiger partial charge in [0.05, 0.1) is 38.6 Å². The maximum Gasteiger partial charge on any atom is 0.319 e. The molecule has 0 saturated carbocycles. The van der Waals surface area contributed by atoms with E-state index in [4.69, 9.17) is 19.4 Å². The Morgan fingerprint density at radius 1 is 1.16 bits per heavy atom. The average Bonchev–Trinajstić information content (AvgIpc) is 2.93. The summed E-state index contributed by atoms with van der Waals surface area (Å²) < 4.78 is 11.0.